The van der Waals surface area contributed by atoms with E-state index in [0.29, 0.717) is 28.2 Å². The molecule has 2 aromatic heterocycles. The van der Waals surface area contributed by atoms with Gasteiger partial charge in [-0.3, -0.25) is 0 Å². The van der Waals surface area contributed by atoms with Gasteiger partial charge in [0.05, 0.1) is 0 Å². The molecule has 0 aliphatic carbocycles. The number of hydrogen-bond donors (Lipinski definition) is 0. The summed E-state index contributed by atoms with van der Waals surface area (Å²) in [6, 6.07) is 14.7. The lowest BCUT2D eigenvalue weighted by Gasteiger charge is -2.01. The summed E-state index contributed by atoms with van der Waals surface area (Å²) < 4.78 is 7.57. The molecule has 0 saturated heterocycles. The molecule has 0 unspecified atom stereocenters. The van der Waals surface area contributed by atoms with Crippen LogP contribution < -0.4 is 0 Å². The van der Waals surface area contributed by atoms with E-state index in [1.165, 1.54) is 6.33 Å². The Morgan fingerprint density at radius 1 is 0.880 bits per heavy atom. The van der Waals surface area contributed by atoms with Crippen molar-refractivity contribution in [2.45, 2.75) is 6.54 Å². The van der Waals surface area contributed by atoms with E-state index in [4.69, 9.17) is 27.6 Å². The number of tetrazole rings is 1. The predicted molar refractivity (Wildman–Crippen MR) is 94.3 cm³/mol. The van der Waals surface area contributed by atoms with Crippen LogP contribution in [0.25, 0.3) is 22.7 Å². The average molecular weight is 372 g/mol. The van der Waals surface area contributed by atoms with E-state index >= 15 is 0 Å². The topological polar surface area (TPSA) is 69.6 Å². The first-order valence-electron chi connectivity index (χ1n) is 7.41. The van der Waals surface area contributed by atoms with Crippen LogP contribution in [0.4, 0.5) is 0 Å². The first-order valence-corrected chi connectivity index (χ1v) is 8.17. The summed E-state index contributed by atoms with van der Waals surface area (Å²) in [5.41, 5.74) is 2.45. The van der Waals surface area contributed by atoms with Crippen LogP contribution in [0.1, 0.15) is 5.76 Å². The quantitative estimate of drug-likeness (QED) is 0.533. The zero-order valence-electron chi connectivity index (χ0n) is 12.8. The molecule has 6 nitrogen and oxygen atoms in total. The molecule has 0 saturated carbocycles. The van der Waals surface area contributed by atoms with Gasteiger partial charge in [0.25, 0.3) is 0 Å². The molecule has 124 valence electrons. The molecular formula is C17H11Cl2N5O. The Balaban J connectivity index is 1.79. The molecule has 2 aromatic carbocycles. The smallest absolute Gasteiger partial charge is 0.226 e. The lowest BCUT2D eigenvalue weighted by Crippen LogP contribution is -2.00. The molecule has 0 radical (unpaired) electrons. The van der Waals surface area contributed by atoms with Crippen LogP contribution in [-0.2, 0) is 6.54 Å². The molecule has 25 heavy (non-hydrogen) atoms. The highest BCUT2D eigenvalue weighted by Crippen LogP contribution is 2.30. The van der Waals surface area contributed by atoms with Crippen LogP contribution in [0, 0.1) is 0 Å². The largest absolute Gasteiger partial charge is 0.439 e. The molecule has 8 heteroatoms. The van der Waals surface area contributed by atoms with Crippen molar-refractivity contribution in [3.8, 4) is 22.7 Å². The fraction of sp³-hybridized carbons (Fsp3) is 0.0588. The van der Waals surface area contributed by atoms with Crippen LogP contribution >= 0.6 is 23.2 Å². The third kappa shape index (κ3) is 3.40. The second-order valence-electron chi connectivity index (χ2n) is 5.31. The summed E-state index contributed by atoms with van der Waals surface area (Å²) in [6.07, 6.45) is 1.52. The zero-order valence-corrected chi connectivity index (χ0v) is 14.3. The third-order valence-electron chi connectivity index (χ3n) is 3.60. The summed E-state index contributed by atoms with van der Waals surface area (Å²) in [7, 11) is 0. The number of halogens is 2. The van der Waals surface area contributed by atoms with Crippen molar-refractivity contribution in [3.63, 3.8) is 0 Å². The Kier molecular flexibility index (Phi) is 4.21. The van der Waals surface area contributed by atoms with Crippen molar-refractivity contribution in [2.24, 2.45) is 0 Å². The monoisotopic (exact) mass is 371 g/mol. The van der Waals surface area contributed by atoms with Gasteiger partial charge in [-0.05, 0) is 46.8 Å². The molecule has 0 N–H and O–H groups in total. The normalized spacial score (nSPS) is 11.0. The van der Waals surface area contributed by atoms with Gasteiger partial charge in [0.2, 0.25) is 5.89 Å². The maximum Gasteiger partial charge on any atom is 0.226 e. The molecule has 0 aliphatic heterocycles. The van der Waals surface area contributed by atoms with Crippen molar-refractivity contribution in [2.75, 3.05) is 0 Å². The van der Waals surface area contributed by atoms with Crippen molar-refractivity contribution >= 4 is 23.2 Å². The molecular weight excluding hydrogens is 361 g/mol. The van der Waals surface area contributed by atoms with Gasteiger partial charge in [0.15, 0.2) is 5.76 Å². The molecule has 0 aliphatic rings. The standard InChI is InChI=1S/C17H11Cl2N5O/c18-13-5-1-11(2-6-13)16-15(9-24-10-20-22-23-24)25-17(21-16)12-3-7-14(19)8-4-12/h1-8,10H,9H2. The second-order valence-corrected chi connectivity index (χ2v) is 6.18. The summed E-state index contributed by atoms with van der Waals surface area (Å²) in [4.78, 5) is 4.66. The van der Waals surface area contributed by atoms with Gasteiger partial charge in [-0.1, -0.05) is 35.3 Å². The number of rotatable bonds is 4. The van der Waals surface area contributed by atoms with Gasteiger partial charge in [-0.2, -0.15) is 0 Å². The highest BCUT2D eigenvalue weighted by molar-refractivity contribution is 6.30. The van der Waals surface area contributed by atoms with E-state index < -0.39 is 0 Å². The molecule has 0 spiro atoms. The van der Waals surface area contributed by atoms with Gasteiger partial charge in [-0.15, -0.1) is 5.10 Å². The second kappa shape index (κ2) is 6.66. The minimum atomic E-state index is 0.367. The highest BCUT2D eigenvalue weighted by atomic mass is 35.5. The Labute approximate surface area is 153 Å². The third-order valence-corrected chi connectivity index (χ3v) is 4.11. The van der Waals surface area contributed by atoms with Crippen molar-refractivity contribution in [3.05, 3.63) is 70.7 Å². The number of nitrogens with zero attached hydrogens (tertiary/aromatic N) is 5. The molecule has 4 rings (SSSR count). The van der Waals surface area contributed by atoms with E-state index in [1.807, 2.05) is 36.4 Å². The number of oxazole rings is 1. The lowest BCUT2D eigenvalue weighted by molar-refractivity contribution is 0.483. The van der Waals surface area contributed by atoms with Crippen molar-refractivity contribution in [1.82, 2.24) is 25.2 Å². The molecule has 0 atom stereocenters. The maximum atomic E-state index is 6.00. The Morgan fingerprint density at radius 3 is 2.12 bits per heavy atom. The summed E-state index contributed by atoms with van der Waals surface area (Å²) in [5, 5.41) is 12.5. The fourth-order valence-corrected chi connectivity index (χ4v) is 2.66. The zero-order chi connectivity index (χ0) is 17.2. The lowest BCUT2D eigenvalue weighted by atomic mass is 10.1. The van der Waals surface area contributed by atoms with Gasteiger partial charge in [0.1, 0.15) is 18.6 Å². The van der Waals surface area contributed by atoms with Crippen LogP contribution in [0.15, 0.2) is 59.3 Å². The minimum absolute atomic E-state index is 0.367. The van der Waals surface area contributed by atoms with Crippen LogP contribution in [0.3, 0.4) is 0 Å². The van der Waals surface area contributed by atoms with Gasteiger partial charge in [-0.25, -0.2) is 9.67 Å². The van der Waals surface area contributed by atoms with E-state index in [-0.39, 0.29) is 0 Å². The molecule has 0 bridgehead atoms. The molecule has 2 heterocycles. The Bertz CT molecular complexity index is 979. The first kappa shape index (κ1) is 15.8. The van der Waals surface area contributed by atoms with E-state index in [9.17, 15) is 0 Å². The van der Waals surface area contributed by atoms with Gasteiger partial charge >= 0.3 is 0 Å². The summed E-state index contributed by atoms with van der Waals surface area (Å²) in [6.45, 7) is 0.367. The van der Waals surface area contributed by atoms with Crippen molar-refractivity contribution < 1.29 is 4.42 Å². The van der Waals surface area contributed by atoms with Gasteiger partial charge < -0.3 is 4.42 Å². The first-order chi connectivity index (χ1) is 12.2. The van der Waals surface area contributed by atoms with E-state index in [2.05, 4.69) is 20.5 Å². The number of hydrogen-bond acceptors (Lipinski definition) is 5. The average Bonchev–Trinajstić information content (AvgIpc) is 3.27. The van der Waals surface area contributed by atoms with Gasteiger partial charge in [0, 0.05) is 21.2 Å². The van der Waals surface area contributed by atoms with Crippen LogP contribution in [0.2, 0.25) is 10.0 Å². The summed E-state index contributed by atoms with van der Waals surface area (Å²) in [5.74, 6) is 1.16. The number of aromatic nitrogens is 5. The van der Waals surface area contributed by atoms with Crippen LogP contribution in [0.5, 0.6) is 0 Å². The maximum absolute atomic E-state index is 6.00. The molecule has 4 aromatic rings. The Hall–Kier alpha value is -2.70. The Morgan fingerprint density at radius 2 is 1.52 bits per heavy atom. The minimum Gasteiger partial charge on any atom is -0.439 e. The summed E-state index contributed by atoms with van der Waals surface area (Å²) >= 11 is 11.9. The molecule has 0 fully saturated rings. The SMILES string of the molecule is Clc1ccc(-c2nc(-c3ccc(Cl)cc3)c(Cn3cnnn3)o2)cc1. The van der Waals surface area contributed by atoms with Crippen molar-refractivity contribution in [1.29, 1.82) is 0 Å². The fourth-order valence-electron chi connectivity index (χ4n) is 2.41. The number of benzene rings is 2. The van der Waals surface area contributed by atoms with E-state index in [0.717, 1.165) is 16.8 Å². The highest BCUT2D eigenvalue weighted by Gasteiger charge is 2.17. The molecule has 0 amide bonds. The van der Waals surface area contributed by atoms with Crippen LogP contribution in [-0.4, -0.2) is 25.2 Å². The predicted octanol–water partition coefficient (Wildman–Crippen LogP) is 4.35. The van der Waals surface area contributed by atoms with E-state index in [1.54, 1.807) is 16.8 Å².